The summed E-state index contributed by atoms with van der Waals surface area (Å²) in [5.74, 6) is 1.84. The first kappa shape index (κ1) is 22.6. The molecule has 0 saturated heterocycles. The number of likely N-dealkylation sites (N-methyl/N-ethyl adjacent to an activating group) is 1. The quantitative estimate of drug-likeness (QED) is 0.450. The van der Waals surface area contributed by atoms with Gasteiger partial charge in [-0.15, -0.1) is 0 Å². The Bertz CT molecular complexity index is 761. The Morgan fingerprint density at radius 1 is 1.00 bits per heavy atom. The molecule has 0 aliphatic carbocycles. The summed E-state index contributed by atoms with van der Waals surface area (Å²) in [5, 5.41) is 3.30. The second-order valence-electron chi connectivity index (χ2n) is 6.84. The number of nitrogens with zero attached hydrogens (tertiary/aromatic N) is 2. The molecule has 0 amide bonds. The molecule has 0 radical (unpaired) electrons. The maximum Gasteiger partial charge on any atom is 0.188 e. The van der Waals surface area contributed by atoms with E-state index in [0.717, 1.165) is 31.6 Å². The van der Waals surface area contributed by atoms with Crippen molar-refractivity contribution >= 4 is 5.96 Å². The fourth-order valence-electron chi connectivity index (χ4n) is 3.39. The number of methoxy groups -OCH3 is 2. The van der Waals surface area contributed by atoms with Gasteiger partial charge in [0, 0.05) is 12.6 Å². The molecule has 0 saturated carbocycles. The molecule has 0 aliphatic heterocycles. The Morgan fingerprint density at radius 3 is 2.31 bits per heavy atom. The molecule has 0 aromatic heterocycles. The van der Waals surface area contributed by atoms with E-state index >= 15 is 0 Å². The Labute approximate surface area is 174 Å². The fraction of sp³-hybridized carbons (Fsp3) is 0.435. The Kier molecular flexibility index (Phi) is 9.31. The van der Waals surface area contributed by atoms with E-state index in [1.165, 1.54) is 5.56 Å². The highest BCUT2D eigenvalue weighted by Gasteiger charge is 2.16. The van der Waals surface area contributed by atoms with Crippen molar-refractivity contribution in [1.29, 1.82) is 0 Å². The van der Waals surface area contributed by atoms with Crippen LogP contribution in [-0.4, -0.2) is 50.8 Å². The molecule has 1 unspecified atom stereocenters. The van der Waals surface area contributed by atoms with Crippen LogP contribution in [0, 0.1) is 0 Å². The molecular weight excluding hydrogens is 364 g/mol. The predicted molar refractivity (Wildman–Crippen MR) is 120 cm³/mol. The summed E-state index contributed by atoms with van der Waals surface area (Å²) in [6.45, 7) is 7.61. The first-order chi connectivity index (χ1) is 14.1. The first-order valence-corrected chi connectivity index (χ1v) is 10.1. The van der Waals surface area contributed by atoms with Crippen LogP contribution in [0.3, 0.4) is 0 Å². The highest BCUT2D eigenvalue weighted by Crippen LogP contribution is 2.27. The molecule has 2 rings (SSSR count). The maximum atomic E-state index is 6.14. The first-order valence-electron chi connectivity index (χ1n) is 10.1. The zero-order chi connectivity index (χ0) is 21.1. The lowest BCUT2D eigenvalue weighted by atomic mass is 10.0. The van der Waals surface area contributed by atoms with Crippen LogP contribution in [0.5, 0.6) is 11.5 Å². The number of hydrogen-bond donors (Lipinski definition) is 2. The number of benzene rings is 2. The van der Waals surface area contributed by atoms with Gasteiger partial charge in [0.15, 0.2) is 17.5 Å². The van der Waals surface area contributed by atoms with Gasteiger partial charge in [0.05, 0.1) is 20.8 Å². The maximum absolute atomic E-state index is 6.14. The molecule has 0 heterocycles. The third-order valence-electron chi connectivity index (χ3n) is 5.04. The molecule has 1 atom stereocenters. The summed E-state index contributed by atoms with van der Waals surface area (Å²) in [6, 6.07) is 16.7. The highest BCUT2D eigenvalue weighted by atomic mass is 16.5. The molecule has 0 fully saturated rings. The van der Waals surface area contributed by atoms with Gasteiger partial charge < -0.3 is 20.5 Å². The summed E-state index contributed by atoms with van der Waals surface area (Å²) in [5.41, 5.74) is 8.47. The van der Waals surface area contributed by atoms with Gasteiger partial charge in [0.1, 0.15) is 0 Å². The van der Waals surface area contributed by atoms with Crippen molar-refractivity contribution in [3.63, 3.8) is 0 Å². The van der Waals surface area contributed by atoms with E-state index in [0.29, 0.717) is 30.0 Å². The van der Waals surface area contributed by atoms with Crippen LogP contribution < -0.4 is 20.5 Å². The Hall–Kier alpha value is -2.73. The third-order valence-corrected chi connectivity index (χ3v) is 5.04. The summed E-state index contributed by atoms with van der Waals surface area (Å²) in [4.78, 5) is 6.93. The third kappa shape index (κ3) is 6.98. The zero-order valence-corrected chi connectivity index (χ0v) is 18.0. The van der Waals surface area contributed by atoms with Gasteiger partial charge in [-0.1, -0.05) is 50.2 Å². The van der Waals surface area contributed by atoms with Gasteiger partial charge in [-0.25, -0.2) is 4.99 Å². The van der Waals surface area contributed by atoms with Crippen molar-refractivity contribution in [2.75, 3.05) is 33.9 Å². The number of hydrogen-bond acceptors (Lipinski definition) is 4. The van der Waals surface area contributed by atoms with E-state index in [1.54, 1.807) is 14.2 Å². The van der Waals surface area contributed by atoms with Gasteiger partial charge in [0.2, 0.25) is 0 Å². The summed E-state index contributed by atoms with van der Waals surface area (Å²) >= 11 is 0. The van der Waals surface area contributed by atoms with E-state index in [1.807, 2.05) is 24.3 Å². The van der Waals surface area contributed by atoms with Crippen LogP contribution >= 0.6 is 0 Å². The lowest BCUT2D eigenvalue weighted by Crippen LogP contribution is -2.46. The van der Waals surface area contributed by atoms with Crippen molar-refractivity contribution in [3.05, 3.63) is 59.7 Å². The summed E-state index contributed by atoms with van der Waals surface area (Å²) < 4.78 is 10.6. The normalized spacial score (nSPS) is 12.7. The smallest absolute Gasteiger partial charge is 0.188 e. The second-order valence-corrected chi connectivity index (χ2v) is 6.84. The standard InChI is InChI=1S/C23H34N4O2/c1-5-27(6-2)20(14-18-10-8-7-9-11-18)17-26-23(24)25-16-19-12-13-21(28-3)22(15-19)29-4/h7-13,15,20H,5-6,14,16-17H2,1-4H3,(H3,24,25,26). The van der Waals surface area contributed by atoms with Crippen LogP contribution in [0.25, 0.3) is 0 Å². The molecule has 2 aromatic carbocycles. The number of nitrogens with two attached hydrogens (primary N) is 1. The predicted octanol–water partition coefficient (Wildman–Crippen LogP) is 3.06. The average molecular weight is 399 g/mol. The summed E-state index contributed by atoms with van der Waals surface area (Å²) in [6.07, 6.45) is 0.971. The minimum Gasteiger partial charge on any atom is -0.493 e. The van der Waals surface area contributed by atoms with Gasteiger partial charge in [-0.2, -0.15) is 0 Å². The molecule has 29 heavy (non-hydrogen) atoms. The van der Waals surface area contributed by atoms with Crippen molar-refractivity contribution in [3.8, 4) is 11.5 Å². The van der Waals surface area contributed by atoms with Crippen molar-refractivity contribution < 1.29 is 9.47 Å². The Balaban J connectivity index is 1.98. The number of rotatable bonds is 11. The van der Waals surface area contributed by atoms with Crippen LogP contribution in [0.1, 0.15) is 25.0 Å². The minimum absolute atomic E-state index is 0.349. The molecule has 158 valence electrons. The number of nitrogens with one attached hydrogen (secondary N) is 1. The van der Waals surface area contributed by atoms with E-state index in [-0.39, 0.29) is 0 Å². The molecule has 6 nitrogen and oxygen atoms in total. The number of aliphatic imine (C=N–C) groups is 1. The van der Waals surface area contributed by atoms with Crippen molar-refractivity contribution in [2.24, 2.45) is 10.7 Å². The lowest BCUT2D eigenvalue weighted by molar-refractivity contribution is 0.215. The van der Waals surface area contributed by atoms with Gasteiger partial charge in [0.25, 0.3) is 0 Å². The van der Waals surface area contributed by atoms with Crippen LogP contribution in [0.2, 0.25) is 0 Å². The van der Waals surface area contributed by atoms with Gasteiger partial charge in [-0.3, -0.25) is 4.90 Å². The molecule has 0 bridgehead atoms. The molecule has 3 N–H and O–H groups in total. The number of ether oxygens (including phenoxy) is 2. The van der Waals surface area contributed by atoms with Crippen LogP contribution in [-0.2, 0) is 13.0 Å². The Morgan fingerprint density at radius 2 is 1.69 bits per heavy atom. The fourth-order valence-corrected chi connectivity index (χ4v) is 3.39. The molecule has 0 aliphatic rings. The zero-order valence-electron chi connectivity index (χ0n) is 18.0. The number of guanidine groups is 1. The lowest BCUT2D eigenvalue weighted by Gasteiger charge is -2.30. The SMILES string of the molecule is CCN(CC)C(CNC(N)=NCc1ccc(OC)c(OC)c1)Cc1ccccc1. The van der Waals surface area contributed by atoms with Crippen LogP contribution in [0.15, 0.2) is 53.5 Å². The van der Waals surface area contributed by atoms with E-state index in [9.17, 15) is 0 Å². The van der Waals surface area contributed by atoms with E-state index < -0.39 is 0 Å². The molecule has 0 spiro atoms. The van der Waals surface area contributed by atoms with Gasteiger partial charge >= 0.3 is 0 Å². The topological polar surface area (TPSA) is 72.1 Å². The van der Waals surface area contributed by atoms with Crippen LogP contribution in [0.4, 0.5) is 0 Å². The van der Waals surface area contributed by atoms with E-state index in [2.05, 4.69) is 53.3 Å². The minimum atomic E-state index is 0.349. The van der Waals surface area contributed by atoms with Crippen molar-refractivity contribution in [2.45, 2.75) is 32.9 Å². The second kappa shape index (κ2) is 12.0. The average Bonchev–Trinajstić information content (AvgIpc) is 2.77. The monoisotopic (exact) mass is 398 g/mol. The highest BCUT2D eigenvalue weighted by molar-refractivity contribution is 5.77. The summed E-state index contributed by atoms with van der Waals surface area (Å²) in [7, 11) is 3.25. The molecule has 6 heteroatoms. The molecule has 2 aromatic rings. The van der Waals surface area contributed by atoms with Gasteiger partial charge in [-0.05, 0) is 42.8 Å². The largest absolute Gasteiger partial charge is 0.493 e. The van der Waals surface area contributed by atoms with E-state index in [4.69, 9.17) is 15.2 Å². The molecular formula is C23H34N4O2. The van der Waals surface area contributed by atoms with Crippen molar-refractivity contribution in [1.82, 2.24) is 10.2 Å².